The van der Waals surface area contributed by atoms with Gasteiger partial charge in [0.15, 0.2) is 5.65 Å². The van der Waals surface area contributed by atoms with Crippen molar-refractivity contribution < 1.29 is 4.74 Å². The molecule has 0 radical (unpaired) electrons. The van der Waals surface area contributed by atoms with Crippen molar-refractivity contribution in [3.63, 3.8) is 0 Å². The molecule has 0 unspecified atom stereocenters. The Hall–Kier alpha value is -2.64. The Balaban J connectivity index is 1.59. The standard InChI is InChI=1S/C25H25Cl2N5O/c1-17-16-22(28-10-11-31-12-14-33-15-13-31)32-25(29-17)23(18-6-8-19(26)9-7-18)24(30-32)20-4-2-3-5-21(20)27/h2-9,16,28H,10-15H2,1H3. The molecule has 5 rings (SSSR count). The van der Waals surface area contributed by atoms with Crippen LogP contribution in [-0.2, 0) is 4.74 Å². The maximum Gasteiger partial charge on any atom is 0.166 e. The second-order valence-electron chi connectivity index (χ2n) is 8.11. The first-order chi connectivity index (χ1) is 16.1. The van der Waals surface area contributed by atoms with Crippen LogP contribution in [0.2, 0.25) is 10.0 Å². The topological polar surface area (TPSA) is 54.7 Å². The van der Waals surface area contributed by atoms with Crippen LogP contribution in [-0.4, -0.2) is 58.9 Å². The molecule has 0 aliphatic carbocycles. The third-order valence-corrected chi connectivity index (χ3v) is 6.40. The lowest BCUT2D eigenvalue weighted by Gasteiger charge is -2.26. The Morgan fingerprint density at radius 1 is 1.03 bits per heavy atom. The minimum atomic E-state index is 0.648. The van der Waals surface area contributed by atoms with Crippen molar-refractivity contribution in [1.29, 1.82) is 0 Å². The lowest BCUT2D eigenvalue weighted by molar-refractivity contribution is 0.0398. The van der Waals surface area contributed by atoms with Crippen molar-refractivity contribution in [2.45, 2.75) is 6.92 Å². The predicted molar refractivity (Wildman–Crippen MR) is 134 cm³/mol. The SMILES string of the molecule is Cc1cc(NCCN2CCOCC2)n2nc(-c3ccccc3Cl)c(-c3ccc(Cl)cc3)c2n1. The highest BCUT2D eigenvalue weighted by molar-refractivity contribution is 6.33. The summed E-state index contributed by atoms with van der Waals surface area (Å²) in [4.78, 5) is 7.27. The zero-order valence-electron chi connectivity index (χ0n) is 18.4. The molecule has 2 aromatic heterocycles. The van der Waals surface area contributed by atoms with E-state index in [1.54, 1.807) is 0 Å². The molecule has 1 saturated heterocycles. The van der Waals surface area contributed by atoms with Crippen molar-refractivity contribution in [1.82, 2.24) is 19.5 Å². The van der Waals surface area contributed by atoms with Gasteiger partial charge < -0.3 is 10.1 Å². The normalized spacial score (nSPS) is 14.6. The highest BCUT2D eigenvalue weighted by atomic mass is 35.5. The van der Waals surface area contributed by atoms with Gasteiger partial charge in [-0.25, -0.2) is 4.98 Å². The van der Waals surface area contributed by atoms with Crippen molar-refractivity contribution in [3.05, 3.63) is 70.3 Å². The molecule has 0 bridgehead atoms. The lowest BCUT2D eigenvalue weighted by atomic mass is 10.0. The second kappa shape index (κ2) is 9.69. The molecule has 1 fully saturated rings. The number of fused-ring (bicyclic) bond motifs is 1. The van der Waals surface area contributed by atoms with Gasteiger partial charge in [0.05, 0.1) is 23.8 Å². The van der Waals surface area contributed by atoms with Gasteiger partial charge in [-0.15, -0.1) is 0 Å². The van der Waals surface area contributed by atoms with Gasteiger partial charge in [0.1, 0.15) is 11.5 Å². The predicted octanol–water partition coefficient (Wildman–Crippen LogP) is 5.42. The summed E-state index contributed by atoms with van der Waals surface area (Å²) in [6, 6.07) is 17.5. The minimum Gasteiger partial charge on any atom is -0.379 e. The molecule has 6 nitrogen and oxygen atoms in total. The average molecular weight is 482 g/mol. The van der Waals surface area contributed by atoms with Gasteiger partial charge in [-0.1, -0.05) is 53.5 Å². The summed E-state index contributed by atoms with van der Waals surface area (Å²) in [6.07, 6.45) is 0. The molecular weight excluding hydrogens is 457 g/mol. The van der Waals surface area contributed by atoms with E-state index < -0.39 is 0 Å². The molecule has 170 valence electrons. The number of hydrogen-bond acceptors (Lipinski definition) is 5. The van der Waals surface area contributed by atoms with E-state index >= 15 is 0 Å². The molecule has 8 heteroatoms. The van der Waals surface area contributed by atoms with E-state index in [1.165, 1.54) is 0 Å². The molecule has 1 aliphatic heterocycles. The number of morpholine rings is 1. The molecule has 3 heterocycles. The van der Waals surface area contributed by atoms with Crippen LogP contribution in [0, 0.1) is 6.92 Å². The number of anilines is 1. The van der Waals surface area contributed by atoms with Crippen LogP contribution in [0.5, 0.6) is 0 Å². The largest absolute Gasteiger partial charge is 0.379 e. The fourth-order valence-electron chi connectivity index (χ4n) is 4.16. The van der Waals surface area contributed by atoms with Crippen LogP contribution in [0.4, 0.5) is 5.82 Å². The van der Waals surface area contributed by atoms with E-state index in [0.29, 0.717) is 10.0 Å². The van der Waals surface area contributed by atoms with Gasteiger partial charge >= 0.3 is 0 Å². The van der Waals surface area contributed by atoms with Crippen LogP contribution in [0.3, 0.4) is 0 Å². The van der Waals surface area contributed by atoms with Gasteiger partial charge in [0.2, 0.25) is 0 Å². The highest BCUT2D eigenvalue weighted by Crippen LogP contribution is 2.38. The third-order valence-electron chi connectivity index (χ3n) is 5.82. The monoisotopic (exact) mass is 481 g/mol. The Morgan fingerprint density at radius 2 is 1.79 bits per heavy atom. The molecule has 1 aliphatic rings. The Labute approximate surface area is 203 Å². The first-order valence-corrected chi connectivity index (χ1v) is 11.8. The van der Waals surface area contributed by atoms with Gasteiger partial charge in [-0.2, -0.15) is 9.61 Å². The molecule has 2 aromatic carbocycles. The number of ether oxygens (including phenoxy) is 1. The van der Waals surface area contributed by atoms with Crippen LogP contribution >= 0.6 is 23.2 Å². The maximum atomic E-state index is 6.59. The van der Waals surface area contributed by atoms with E-state index in [2.05, 4.69) is 10.2 Å². The zero-order chi connectivity index (χ0) is 22.8. The quantitative estimate of drug-likeness (QED) is 0.398. The van der Waals surface area contributed by atoms with Crippen LogP contribution < -0.4 is 5.32 Å². The number of aryl methyl sites for hydroxylation is 1. The average Bonchev–Trinajstić information content (AvgIpc) is 3.20. The highest BCUT2D eigenvalue weighted by Gasteiger charge is 2.21. The lowest BCUT2D eigenvalue weighted by Crippen LogP contribution is -2.39. The minimum absolute atomic E-state index is 0.648. The van der Waals surface area contributed by atoms with E-state index in [0.717, 1.165) is 78.9 Å². The van der Waals surface area contributed by atoms with Crippen LogP contribution in [0.1, 0.15) is 5.69 Å². The molecule has 1 N–H and O–H groups in total. The number of hydrogen-bond donors (Lipinski definition) is 1. The summed E-state index contributed by atoms with van der Waals surface area (Å²) >= 11 is 12.8. The molecule has 33 heavy (non-hydrogen) atoms. The first-order valence-electron chi connectivity index (χ1n) is 11.1. The third kappa shape index (κ3) is 4.70. The molecule has 0 spiro atoms. The number of nitrogens with one attached hydrogen (secondary N) is 1. The molecular formula is C25H25Cl2N5O. The summed E-state index contributed by atoms with van der Waals surface area (Å²) in [7, 11) is 0. The number of benzene rings is 2. The molecule has 0 saturated carbocycles. The summed E-state index contributed by atoms with van der Waals surface area (Å²) in [6.45, 7) is 7.26. The summed E-state index contributed by atoms with van der Waals surface area (Å²) in [5, 5.41) is 9.89. The van der Waals surface area contributed by atoms with Crippen molar-refractivity contribution in [2.75, 3.05) is 44.7 Å². The number of nitrogens with zero attached hydrogens (tertiary/aromatic N) is 4. The summed E-state index contributed by atoms with van der Waals surface area (Å²) < 4.78 is 7.34. The fraction of sp³-hybridized carbons (Fsp3) is 0.280. The van der Waals surface area contributed by atoms with Gasteiger partial charge in [0.25, 0.3) is 0 Å². The second-order valence-corrected chi connectivity index (χ2v) is 8.95. The summed E-state index contributed by atoms with van der Waals surface area (Å²) in [5.41, 5.74) is 5.27. The van der Waals surface area contributed by atoms with Crippen LogP contribution in [0.15, 0.2) is 54.6 Å². The summed E-state index contributed by atoms with van der Waals surface area (Å²) in [5.74, 6) is 0.902. The Morgan fingerprint density at radius 3 is 2.55 bits per heavy atom. The number of aromatic nitrogens is 3. The first kappa shape index (κ1) is 22.2. The van der Waals surface area contributed by atoms with Crippen LogP contribution in [0.25, 0.3) is 28.0 Å². The van der Waals surface area contributed by atoms with Gasteiger partial charge in [0, 0.05) is 48.5 Å². The van der Waals surface area contributed by atoms with Crippen molar-refractivity contribution in [2.24, 2.45) is 0 Å². The van der Waals surface area contributed by atoms with E-state index in [1.807, 2.05) is 66.0 Å². The van der Waals surface area contributed by atoms with E-state index in [-0.39, 0.29) is 0 Å². The molecule has 4 aromatic rings. The maximum absolute atomic E-state index is 6.59. The molecule has 0 atom stereocenters. The Bertz CT molecular complexity index is 1270. The fourth-order valence-corrected chi connectivity index (χ4v) is 4.51. The van der Waals surface area contributed by atoms with Gasteiger partial charge in [-0.05, 0) is 30.7 Å². The molecule has 0 amide bonds. The van der Waals surface area contributed by atoms with E-state index in [9.17, 15) is 0 Å². The Kier molecular flexibility index (Phi) is 6.51. The van der Waals surface area contributed by atoms with Crippen molar-refractivity contribution in [3.8, 4) is 22.4 Å². The van der Waals surface area contributed by atoms with Crippen molar-refractivity contribution >= 4 is 34.7 Å². The van der Waals surface area contributed by atoms with E-state index in [4.69, 9.17) is 38.0 Å². The zero-order valence-corrected chi connectivity index (χ0v) is 19.9. The smallest absolute Gasteiger partial charge is 0.166 e. The number of rotatable bonds is 6. The van der Waals surface area contributed by atoms with Gasteiger partial charge in [-0.3, -0.25) is 4.90 Å². The number of halogens is 2.